The molecular weight excluding hydrogens is 458 g/mol. The maximum atomic E-state index is 14.2. The number of rotatable bonds is 6. The Morgan fingerprint density at radius 2 is 1.92 bits per heavy atom. The van der Waals surface area contributed by atoms with Gasteiger partial charge in [-0.15, -0.1) is 0 Å². The van der Waals surface area contributed by atoms with E-state index in [-0.39, 0.29) is 24.0 Å². The Morgan fingerprint density at radius 3 is 2.64 bits per heavy atom. The number of ketones is 1. The summed E-state index contributed by atoms with van der Waals surface area (Å²) >= 11 is 0. The number of Topliss-reactive ketones (excluding diaryl/α,β-unsaturated/α-hetero) is 1. The number of para-hydroxylation sites is 1. The van der Waals surface area contributed by atoms with Gasteiger partial charge in [0.1, 0.15) is 17.6 Å². The van der Waals surface area contributed by atoms with Crippen LogP contribution in [0.3, 0.4) is 0 Å². The minimum absolute atomic E-state index is 0.0136. The van der Waals surface area contributed by atoms with Crippen molar-refractivity contribution in [3.8, 4) is 5.75 Å². The molecule has 0 saturated carbocycles. The van der Waals surface area contributed by atoms with Gasteiger partial charge < -0.3 is 24.5 Å². The minimum atomic E-state index is -1.71. The zero-order chi connectivity index (χ0) is 25.8. The maximum absolute atomic E-state index is 14.2. The number of likely N-dealkylation sites (N-methyl/N-ethyl adjacent to an activating group) is 1. The summed E-state index contributed by atoms with van der Waals surface area (Å²) < 4.78 is 5.78. The van der Waals surface area contributed by atoms with Gasteiger partial charge >= 0.3 is 0 Å². The fraction of sp³-hybridized carbons (Fsp3) is 0.393. The van der Waals surface area contributed by atoms with Crippen molar-refractivity contribution in [1.29, 1.82) is 0 Å². The van der Waals surface area contributed by atoms with Crippen LogP contribution in [0.15, 0.2) is 48.0 Å². The lowest BCUT2D eigenvalue weighted by Crippen LogP contribution is -2.52. The third kappa shape index (κ3) is 3.35. The van der Waals surface area contributed by atoms with E-state index in [0.29, 0.717) is 42.7 Å². The number of benzene rings is 2. The molecule has 0 unspecified atom stereocenters. The summed E-state index contributed by atoms with van der Waals surface area (Å²) in [6, 6.07) is 12.4. The highest BCUT2D eigenvalue weighted by atomic mass is 16.5. The van der Waals surface area contributed by atoms with E-state index in [2.05, 4.69) is 0 Å². The van der Waals surface area contributed by atoms with Gasteiger partial charge in [0.15, 0.2) is 5.54 Å². The first-order valence-electron chi connectivity index (χ1n) is 12.4. The van der Waals surface area contributed by atoms with Gasteiger partial charge in [-0.05, 0) is 70.7 Å². The molecule has 0 aromatic heterocycles. The molecule has 5 rings (SSSR count). The number of amides is 2. The normalized spacial score (nSPS) is 24.1. The van der Waals surface area contributed by atoms with E-state index >= 15 is 0 Å². The molecule has 1 spiro atoms. The first-order chi connectivity index (χ1) is 17.2. The van der Waals surface area contributed by atoms with E-state index in [1.165, 1.54) is 4.90 Å². The Kier molecular flexibility index (Phi) is 5.87. The van der Waals surface area contributed by atoms with Gasteiger partial charge in [-0.25, -0.2) is 0 Å². The van der Waals surface area contributed by atoms with Crippen molar-refractivity contribution in [1.82, 2.24) is 9.80 Å². The predicted molar refractivity (Wildman–Crippen MR) is 136 cm³/mol. The summed E-state index contributed by atoms with van der Waals surface area (Å²) in [4.78, 5) is 46.3. The van der Waals surface area contributed by atoms with Crippen LogP contribution in [-0.2, 0) is 26.3 Å². The highest BCUT2D eigenvalue weighted by Crippen LogP contribution is 2.53. The lowest BCUT2D eigenvalue weighted by molar-refractivity contribution is -0.143. The molecule has 2 aromatic carbocycles. The second kappa shape index (κ2) is 8.78. The van der Waals surface area contributed by atoms with Crippen molar-refractivity contribution in [2.24, 2.45) is 0 Å². The fourth-order valence-electron chi connectivity index (χ4n) is 5.74. The number of carbonyl (C=O) groups is 3. The Morgan fingerprint density at radius 1 is 1.17 bits per heavy atom. The number of aliphatic hydroxyl groups is 1. The van der Waals surface area contributed by atoms with E-state index in [0.717, 1.165) is 11.3 Å². The van der Waals surface area contributed by atoms with Gasteiger partial charge in [0.25, 0.3) is 17.6 Å². The lowest BCUT2D eigenvalue weighted by Gasteiger charge is -2.34. The smallest absolute Gasteiger partial charge is 0.296 e. The third-order valence-electron chi connectivity index (χ3n) is 7.28. The fourth-order valence-corrected chi connectivity index (χ4v) is 5.74. The summed E-state index contributed by atoms with van der Waals surface area (Å²) in [6.45, 7) is 5.06. The lowest BCUT2D eigenvalue weighted by atomic mass is 9.81. The number of hydrogen-bond donors (Lipinski definition) is 1. The van der Waals surface area contributed by atoms with Crippen LogP contribution in [0.1, 0.15) is 37.0 Å². The monoisotopic (exact) mass is 489 g/mol. The number of anilines is 1. The molecule has 0 aliphatic carbocycles. The topological polar surface area (TPSA) is 90.4 Å². The molecule has 0 radical (unpaired) electrons. The van der Waals surface area contributed by atoms with Crippen LogP contribution in [0.25, 0.3) is 5.76 Å². The standard InChI is InChI=1S/C28H31N3O5/c1-5-30-21-10-7-6-9-20(21)28(27(30)35)23(25(33)26(34)31(28)14-8-13-29(3)4)24(32)18-11-12-22-19(16-18)15-17(2)36-22/h6-7,9-12,16-17,32H,5,8,13-15H2,1-4H3/t17-,28-/m1/s1. The second-order valence-corrected chi connectivity index (χ2v) is 9.90. The first-order valence-corrected chi connectivity index (χ1v) is 12.4. The molecule has 3 heterocycles. The number of fused-ring (bicyclic) bond motifs is 3. The van der Waals surface area contributed by atoms with Crippen molar-refractivity contribution in [2.75, 3.05) is 38.6 Å². The SMILES string of the molecule is CCN1C(=O)[C@]2(C(=C(O)c3ccc4c(c3)C[C@@H](C)O4)C(=O)C(=O)N2CCCN(C)C)c2ccccc21. The predicted octanol–water partition coefficient (Wildman–Crippen LogP) is 2.90. The van der Waals surface area contributed by atoms with Crippen LogP contribution in [0, 0.1) is 0 Å². The summed E-state index contributed by atoms with van der Waals surface area (Å²) in [7, 11) is 3.86. The zero-order valence-corrected chi connectivity index (χ0v) is 21.1. The van der Waals surface area contributed by atoms with Crippen molar-refractivity contribution < 1.29 is 24.2 Å². The maximum Gasteiger partial charge on any atom is 0.296 e. The number of aliphatic hydroxyl groups excluding tert-OH is 1. The van der Waals surface area contributed by atoms with Crippen molar-refractivity contribution >= 4 is 29.0 Å². The van der Waals surface area contributed by atoms with Gasteiger partial charge in [0.2, 0.25) is 0 Å². The minimum Gasteiger partial charge on any atom is -0.507 e. The van der Waals surface area contributed by atoms with E-state index in [1.807, 2.05) is 45.0 Å². The first kappa shape index (κ1) is 24.1. The molecule has 1 fully saturated rings. The summed E-state index contributed by atoms with van der Waals surface area (Å²) in [5, 5.41) is 11.6. The molecule has 2 amide bonds. The van der Waals surface area contributed by atoms with Crippen LogP contribution in [0.4, 0.5) is 5.69 Å². The molecule has 1 saturated heterocycles. The van der Waals surface area contributed by atoms with Gasteiger partial charge in [0.05, 0.1) is 11.3 Å². The molecular formula is C28H31N3O5. The second-order valence-electron chi connectivity index (χ2n) is 9.90. The number of ether oxygens (including phenoxy) is 1. The van der Waals surface area contributed by atoms with E-state index in [9.17, 15) is 19.5 Å². The molecule has 3 aliphatic heterocycles. The van der Waals surface area contributed by atoms with E-state index in [1.54, 1.807) is 35.2 Å². The highest BCUT2D eigenvalue weighted by Gasteiger charge is 2.66. The highest BCUT2D eigenvalue weighted by molar-refractivity contribution is 6.50. The summed E-state index contributed by atoms with van der Waals surface area (Å²) in [5.41, 5.74) is 0.608. The van der Waals surface area contributed by atoms with Crippen LogP contribution >= 0.6 is 0 Å². The molecule has 0 bridgehead atoms. The van der Waals surface area contributed by atoms with Gasteiger partial charge in [-0.1, -0.05) is 18.2 Å². The Hall–Kier alpha value is -3.65. The molecule has 3 aliphatic rings. The van der Waals surface area contributed by atoms with Gasteiger partial charge in [-0.2, -0.15) is 0 Å². The van der Waals surface area contributed by atoms with Gasteiger partial charge in [-0.3, -0.25) is 14.4 Å². The molecule has 36 heavy (non-hydrogen) atoms. The zero-order valence-electron chi connectivity index (χ0n) is 21.1. The third-order valence-corrected chi connectivity index (χ3v) is 7.28. The van der Waals surface area contributed by atoms with Crippen LogP contribution < -0.4 is 9.64 Å². The number of carbonyl (C=O) groups excluding carboxylic acids is 3. The van der Waals surface area contributed by atoms with E-state index < -0.39 is 23.1 Å². The van der Waals surface area contributed by atoms with Crippen molar-refractivity contribution in [3.63, 3.8) is 0 Å². The number of hydrogen-bond acceptors (Lipinski definition) is 6. The number of nitrogens with zero attached hydrogens (tertiary/aromatic N) is 3. The Balaban J connectivity index is 1.74. The average Bonchev–Trinajstić information content (AvgIpc) is 3.42. The molecule has 1 N–H and O–H groups in total. The molecule has 2 atom stereocenters. The van der Waals surface area contributed by atoms with Crippen molar-refractivity contribution in [2.45, 2.75) is 38.3 Å². The van der Waals surface area contributed by atoms with E-state index in [4.69, 9.17) is 4.74 Å². The molecule has 188 valence electrons. The summed E-state index contributed by atoms with van der Waals surface area (Å²) in [6.07, 6.45) is 1.25. The number of likely N-dealkylation sites (tertiary alicyclic amines) is 1. The van der Waals surface area contributed by atoms with Crippen molar-refractivity contribution in [3.05, 3.63) is 64.7 Å². The van der Waals surface area contributed by atoms with Crippen LogP contribution in [0.2, 0.25) is 0 Å². The van der Waals surface area contributed by atoms with Crippen LogP contribution in [-0.4, -0.2) is 72.3 Å². The van der Waals surface area contributed by atoms with Gasteiger partial charge in [0, 0.05) is 30.6 Å². The molecule has 8 nitrogen and oxygen atoms in total. The van der Waals surface area contributed by atoms with Crippen LogP contribution in [0.5, 0.6) is 5.75 Å². The Bertz CT molecular complexity index is 1300. The molecule has 8 heteroatoms. The summed E-state index contributed by atoms with van der Waals surface area (Å²) in [5.74, 6) is -1.61. The average molecular weight is 490 g/mol. The largest absolute Gasteiger partial charge is 0.507 e. The quantitative estimate of drug-likeness (QED) is 0.381. The Labute approximate surface area is 210 Å². The molecule has 2 aromatic rings.